The van der Waals surface area contributed by atoms with Crippen LogP contribution in [0.15, 0.2) is 0 Å². The number of nitrogens with one attached hydrogen (secondary N) is 1. The van der Waals surface area contributed by atoms with Gasteiger partial charge in [-0.3, -0.25) is 9.69 Å². The SMILES string of the molecule is CC(C)(C)OC(=O)N1C[C@@H](NC(=O)C2CC2)C[C@@H]1C(=O)O. The molecule has 1 saturated heterocycles. The standard InChI is InChI=1S/C14H22N2O5/c1-14(2,3)21-13(20)16-7-9(6-10(16)12(18)19)15-11(17)8-4-5-8/h8-10H,4-7H2,1-3H3,(H,15,17)(H,18,19)/t9-,10+/m0/s1. The summed E-state index contributed by atoms with van der Waals surface area (Å²) < 4.78 is 5.23. The second-order valence-electron chi connectivity index (χ2n) is 6.70. The van der Waals surface area contributed by atoms with E-state index in [0.717, 1.165) is 12.8 Å². The predicted octanol–water partition coefficient (Wildman–Crippen LogP) is 0.975. The van der Waals surface area contributed by atoms with Crippen LogP contribution in [-0.4, -0.2) is 52.2 Å². The van der Waals surface area contributed by atoms with Gasteiger partial charge in [0.05, 0.1) is 0 Å². The zero-order valence-corrected chi connectivity index (χ0v) is 12.6. The molecule has 2 rings (SSSR count). The quantitative estimate of drug-likeness (QED) is 0.809. The Bertz CT molecular complexity index is 453. The van der Waals surface area contributed by atoms with Gasteiger partial charge in [-0.1, -0.05) is 0 Å². The Morgan fingerprint density at radius 1 is 1.24 bits per heavy atom. The summed E-state index contributed by atoms with van der Waals surface area (Å²) in [7, 11) is 0. The van der Waals surface area contributed by atoms with Crippen LogP contribution in [0.1, 0.15) is 40.0 Å². The molecule has 0 bridgehead atoms. The third-order valence-corrected chi connectivity index (χ3v) is 3.51. The van der Waals surface area contributed by atoms with Gasteiger partial charge < -0.3 is 15.2 Å². The van der Waals surface area contributed by atoms with E-state index in [-0.39, 0.29) is 30.8 Å². The molecule has 1 aliphatic heterocycles. The molecule has 0 aromatic heterocycles. The van der Waals surface area contributed by atoms with Gasteiger partial charge in [0.2, 0.25) is 5.91 Å². The second kappa shape index (κ2) is 5.54. The van der Waals surface area contributed by atoms with Crippen molar-refractivity contribution in [1.29, 1.82) is 0 Å². The smallest absolute Gasteiger partial charge is 0.411 e. The molecule has 7 nitrogen and oxygen atoms in total. The Kier molecular flexibility index (Phi) is 4.11. The third-order valence-electron chi connectivity index (χ3n) is 3.51. The van der Waals surface area contributed by atoms with Crippen molar-refractivity contribution in [1.82, 2.24) is 10.2 Å². The maximum atomic E-state index is 12.1. The monoisotopic (exact) mass is 298 g/mol. The Labute approximate surface area is 123 Å². The van der Waals surface area contributed by atoms with Crippen molar-refractivity contribution in [3.05, 3.63) is 0 Å². The number of amides is 2. The molecule has 0 unspecified atom stereocenters. The lowest BCUT2D eigenvalue weighted by molar-refractivity contribution is -0.142. The van der Waals surface area contributed by atoms with E-state index in [2.05, 4.69) is 5.32 Å². The number of carbonyl (C=O) groups is 3. The molecule has 2 N–H and O–H groups in total. The molecule has 0 spiro atoms. The molecule has 1 heterocycles. The van der Waals surface area contributed by atoms with Crippen molar-refractivity contribution < 1.29 is 24.2 Å². The van der Waals surface area contributed by atoms with E-state index in [1.54, 1.807) is 20.8 Å². The number of carboxylic acids is 1. The fraction of sp³-hybridized carbons (Fsp3) is 0.786. The number of carbonyl (C=O) groups excluding carboxylic acids is 2. The minimum Gasteiger partial charge on any atom is -0.480 e. The van der Waals surface area contributed by atoms with Gasteiger partial charge in [-0.15, -0.1) is 0 Å². The van der Waals surface area contributed by atoms with Gasteiger partial charge in [0.25, 0.3) is 0 Å². The second-order valence-corrected chi connectivity index (χ2v) is 6.70. The Balaban J connectivity index is 1.99. The number of rotatable bonds is 3. The van der Waals surface area contributed by atoms with E-state index >= 15 is 0 Å². The van der Waals surface area contributed by atoms with Crippen molar-refractivity contribution >= 4 is 18.0 Å². The van der Waals surface area contributed by atoms with Gasteiger partial charge in [0.1, 0.15) is 11.6 Å². The number of nitrogens with zero attached hydrogens (tertiary/aromatic N) is 1. The Hall–Kier alpha value is -1.79. The summed E-state index contributed by atoms with van der Waals surface area (Å²) in [5.74, 6) is -1.07. The lowest BCUT2D eigenvalue weighted by Crippen LogP contribution is -2.44. The van der Waals surface area contributed by atoms with Crippen molar-refractivity contribution in [2.75, 3.05) is 6.54 Å². The van der Waals surface area contributed by atoms with E-state index < -0.39 is 23.7 Å². The van der Waals surface area contributed by atoms with E-state index in [9.17, 15) is 19.5 Å². The first-order valence-corrected chi connectivity index (χ1v) is 7.20. The van der Waals surface area contributed by atoms with Gasteiger partial charge in [-0.05, 0) is 33.6 Å². The summed E-state index contributed by atoms with van der Waals surface area (Å²) in [5.41, 5.74) is -0.685. The van der Waals surface area contributed by atoms with E-state index in [1.165, 1.54) is 4.90 Å². The van der Waals surface area contributed by atoms with Crippen molar-refractivity contribution in [2.45, 2.75) is 57.7 Å². The molecule has 2 amide bonds. The molecule has 7 heteroatoms. The van der Waals surface area contributed by atoms with E-state index in [1.807, 2.05) is 0 Å². The largest absolute Gasteiger partial charge is 0.480 e. The fourth-order valence-corrected chi connectivity index (χ4v) is 2.36. The molecule has 2 aliphatic rings. The van der Waals surface area contributed by atoms with Crippen LogP contribution >= 0.6 is 0 Å². The Morgan fingerprint density at radius 2 is 1.86 bits per heavy atom. The third kappa shape index (κ3) is 4.09. The van der Waals surface area contributed by atoms with Crippen LogP contribution in [0.5, 0.6) is 0 Å². The van der Waals surface area contributed by atoms with E-state index in [0.29, 0.717) is 0 Å². The van der Waals surface area contributed by atoms with Crippen LogP contribution in [0.25, 0.3) is 0 Å². The normalized spacial score (nSPS) is 25.6. The van der Waals surface area contributed by atoms with Crippen LogP contribution in [0.2, 0.25) is 0 Å². The molecule has 2 fully saturated rings. The Morgan fingerprint density at radius 3 is 2.33 bits per heavy atom. The fourth-order valence-electron chi connectivity index (χ4n) is 2.36. The molecule has 0 aromatic rings. The lowest BCUT2D eigenvalue weighted by Gasteiger charge is -2.26. The summed E-state index contributed by atoms with van der Waals surface area (Å²) in [6.45, 7) is 5.35. The zero-order valence-electron chi connectivity index (χ0n) is 12.6. The zero-order chi connectivity index (χ0) is 15.8. The molecule has 2 atom stereocenters. The van der Waals surface area contributed by atoms with Gasteiger partial charge >= 0.3 is 12.1 Å². The average Bonchev–Trinajstić information content (AvgIpc) is 3.08. The summed E-state index contributed by atoms with van der Waals surface area (Å²) in [4.78, 5) is 36.3. The molecule has 0 radical (unpaired) electrons. The van der Waals surface area contributed by atoms with Gasteiger partial charge in [0.15, 0.2) is 0 Å². The molecular weight excluding hydrogens is 276 g/mol. The lowest BCUT2D eigenvalue weighted by atomic mass is 10.1. The average molecular weight is 298 g/mol. The molecule has 1 aliphatic carbocycles. The van der Waals surface area contributed by atoms with Crippen LogP contribution < -0.4 is 5.32 Å². The first kappa shape index (κ1) is 15.6. The minimum atomic E-state index is -1.08. The van der Waals surface area contributed by atoms with Gasteiger partial charge in [0, 0.05) is 24.9 Å². The van der Waals surface area contributed by atoms with Crippen molar-refractivity contribution in [3.8, 4) is 0 Å². The highest BCUT2D eigenvalue weighted by atomic mass is 16.6. The number of likely N-dealkylation sites (tertiary alicyclic amines) is 1. The first-order chi connectivity index (χ1) is 9.67. The maximum absolute atomic E-state index is 12.1. The van der Waals surface area contributed by atoms with Gasteiger partial charge in [-0.25, -0.2) is 9.59 Å². The number of carboxylic acid groups (broad SMARTS) is 1. The topological polar surface area (TPSA) is 95.9 Å². The molecule has 1 saturated carbocycles. The number of hydrogen-bond donors (Lipinski definition) is 2. The molecule has 0 aromatic carbocycles. The summed E-state index contributed by atoms with van der Waals surface area (Å²) in [6.07, 6.45) is 1.33. The summed E-state index contributed by atoms with van der Waals surface area (Å²) in [6, 6.07) is -1.28. The van der Waals surface area contributed by atoms with Crippen LogP contribution in [0, 0.1) is 5.92 Å². The van der Waals surface area contributed by atoms with Crippen LogP contribution in [-0.2, 0) is 14.3 Å². The summed E-state index contributed by atoms with van der Waals surface area (Å²) in [5, 5.41) is 12.1. The van der Waals surface area contributed by atoms with Crippen LogP contribution in [0.3, 0.4) is 0 Å². The highest BCUT2D eigenvalue weighted by molar-refractivity contribution is 5.83. The first-order valence-electron chi connectivity index (χ1n) is 7.20. The molecular formula is C14H22N2O5. The minimum absolute atomic E-state index is 0.0461. The van der Waals surface area contributed by atoms with Crippen molar-refractivity contribution in [2.24, 2.45) is 5.92 Å². The number of hydrogen-bond acceptors (Lipinski definition) is 4. The maximum Gasteiger partial charge on any atom is 0.411 e. The highest BCUT2D eigenvalue weighted by Gasteiger charge is 2.43. The molecule has 21 heavy (non-hydrogen) atoms. The molecule has 118 valence electrons. The number of aliphatic carboxylic acids is 1. The van der Waals surface area contributed by atoms with Crippen LogP contribution in [0.4, 0.5) is 4.79 Å². The number of ether oxygens (including phenoxy) is 1. The van der Waals surface area contributed by atoms with Crippen molar-refractivity contribution in [3.63, 3.8) is 0 Å². The van der Waals surface area contributed by atoms with E-state index in [4.69, 9.17) is 4.74 Å². The predicted molar refractivity (Wildman–Crippen MR) is 73.6 cm³/mol. The van der Waals surface area contributed by atoms with Gasteiger partial charge in [-0.2, -0.15) is 0 Å². The highest BCUT2D eigenvalue weighted by Crippen LogP contribution is 2.30. The summed E-state index contributed by atoms with van der Waals surface area (Å²) >= 11 is 0.